The van der Waals surface area contributed by atoms with Crippen molar-refractivity contribution in [2.75, 3.05) is 20.3 Å². The summed E-state index contributed by atoms with van der Waals surface area (Å²) in [6.07, 6.45) is 1.18. The molecule has 0 amide bonds. The molecule has 1 aromatic carbocycles. The third-order valence-electron chi connectivity index (χ3n) is 3.36. The highest BCUT2D eigenvalue weighted by atomic mass is 16.6. The molecule has 2 heterocycles. The summed E-state index contributed by atoms with van der Waals surface area (Å²) < 4.78 is 16.4. The van der Waals surface area contributed by atoms with Crippen molar-refractivity contribution in [3.63, 3.8) is 0 Å². The second-order valence-corrected chi connectivity index (χ2v) is 4.55. The molecule has 4 nitrogen and oxygen atoms in total. The van der Waals surface area contributed by atoms with E-state index in [9.17, 15) is 4.79 Å². The second-order valence-electron chi connectivity index (χ2n) is 4.55. The SMILES string of the molecule is COc1ccc2c(c1)C(=O)C[C@]1(CCOC1)O2. The number of Topliss-reactive ketones (excluding diaryl/α,β-unsaturated/α-hetero) is 1. The summed E-state index contributed by atoms with van der Waals surface area (Å²) in [7, 11) is 1.59. The van der Waals surface area contributed by atoms with Crippen molar-refractivity contribution in [2.45, 2.75) is 18.4 Å². The zero-order valence-corrected chi connectivity index (χ0v) is 9.69. The summed E-state index contributed by atoms with van der Waals surface area (Å²) >= 11 is 0. The average Bonchev–Trinajstić information content (AvgIpc) is 2.77. The number of carbonyl (C=O) groups is 1. The molecule has 0 N–H and O–H groups in total. The number of hydrogen-bond acceptors (Lipinski definition) is 4. The Bertz CT molecular complexity index is 460. The maximum atomic E-state index is 12.1. The van der Waals surface area contributed by atoms with Crippen molar-refractivity contribution in [3.05, 3.63) is 23.8 Å². The van der Waals surface area contributed by atoms with Crippen molar-refractivity contribution in [1.82, 2.24) is 0 Å². The monoisotopic (exact) mass is 234 g/mol. The summed E-state index contributed by atoms with van der Waals surface area (Å²) in [5, 5.41) is 0. The fraction of sp³-hybridized carbons (Fsp3) is 0.462. The van der Waals surface area contributed by atoms with Gasteiger partial charge in [-0.3, -0.25) is 4.79 Å². The van der Waals surface area contributed by atoms with E-state index in [0.29, 0.717) is 36.7 Å². The molecule has 0 bridgehead atoms. The topological polar surface area (TPSA) is 44.8 Å². The Morgan fingerprint density at radius 2 is 2.29 bits per heavy atom. The van der Waals surface area contributed by atoms with Crippen LogP contribution in [0.15, 0.2) is 18.2 Å². The van der Waals surface area contributed by atoms with Crippen LogP contribution in [0, 0.1) is 0 Å². The fourth-order valence-corrected chi connectivity index (χ4v) is 2.41. The predicted molar refractivity (Wildman–Crippen MR) is 60.7 cm³/mol. The molecule has 0 unspecified atom stereocenters. The molecule has 1 spiro atoms. The van der Waals surface area contributed by atoms with Gasteiger partial charge < -0.3 is 14.2 Å². The number of benzene rings is 1. The number of ether oxygens (including phenoxy) is 3. The number of fused-ring (bicyclic) bond motifs is 1. The number of methoxy groups -OCH3 is 1. The molecule has 0 radical (unpaired) electrons. The molecule has 90 valence electrons. The lowest BCUT2D eigenvalue weighted by atomic mass is 9.89. The number of ketones is 1. The van der Waals surface area contributed by atoms with Gasteiger partial charge in [0, 0.05) is 6.42 Å². The van der Waals surface area contributed by atoms with Gasteiger partial charge in [0.1, 0.15) is 17.1 Å². The lowest BCUT2D eigenvalue weighted by Crippen LogP contribution is -2.42. The number of carbonyl (C=O) groups excluding carboxylic acids is 1. The third-order valence-corrected chi connectivity index (χ3v) is 3.36. The van der Waals surface area contributed by atoms with Gasteiger partial charge in [0.25, 0.3) is 0 Å². The van der Waals surface area contributed by atoms with Crippen LogP contribution < -0.4 is 9.47 Å². The van der Waals surface area contributed by atoms with E-state index in [1.54, 1.807) is 25.3 Å². The Kier molecular flexibility index (Phi) is 2.33. The van der Waals surface area contributed by atoms with Crippen LogP contribution in [0.25, 0.3) is 0 Å². The summed E-state index contributed by atoms with van der Waals surface area (Å²) in [5.74, 6) is 1.43. The minimum atomic E-state index is -0.432. The van der Waals surface area contributed by atoms with E-state index in [-0.39, 0.29) is 5.78 Å². The van der Waals surface area contributed by atoms with Crippen molar-refractivity contribution < 1.29 is 19.0 Å². The van der Waals surface area contributed by atoms with Crippen molar-refractivity contribution in [1.29, 1.82) is 0 Å². The Morgan fingerprint density at radius 1 is 1.41 bits per heavy atom. The van der Waals surface area contributed by atoms with E-state index in [1.165, 1.54) is 0 Å². The van der Waals surface area contributed by atoms with Gasteiger partial charge in [-0.15, -0.1) is 0 Å². The van der Waals surface area contributed by atoms with Crippen LogP contribution in [-0.2, 0) is 4.74 Å². The molecule has 1 atom stereocenters. The smallest absolute Gasteiger partial charge is 0.170 e. The Morgan fingerprint density at radius 3 is 3.00 bits per heavy atom. The standard InChI is InChI=1S/C13H14O4/c1-15-9-2-3-12-10(6-9)11(14)7-13(17-12)4-5-16-8-13/h2-3,6H,4-5,7-8H2,1H3/t13-/m0/s1. The first-order valence-electron chi connectivity index (χ1n) is 5.70. The predicted octanol–water partition coefficient (Wildman–Crippen LogP) is 1.82. The third kappa shape index (κ3) is 1.69. The van der Waals surface area contributed by atoms with Crippen molar-refractivity contribution >= 4 is 5.78 Å². The first-order chi connectivity index (χ1) is 8.22. The van der Waals surface area contributed by atoms with Gasteiger partial charge in [0.2, 0.25) is 0 Å². The van der Waals surface area contributed by atoms with Gasteiger partial charge in [0.05, 0.1) is 32.3 Å². The van der Waals surface area contributed by atoms with Gasteiger partial charge in [0.15, 0.2) is 5.78 Å². The molecule has 4 heteroatoms. The van der Waals surface area contributed by atoms with Crippen molar-refractivity contribution in [2.24, 2.45) is 0 Å². The van der Waals surface area contributed by atoms with E-state index >= 15 is 0 Å². The van der Waals surface area contributed by atoms with E-state index in [4.69, 9.17) is 14.2 Å². The molecule has 1 fully saturated rings. The maximum Gasteiger partial charge on any atom is 0.170 e. The van der Waals surface area contributed by atoms with E-state index < -0.39 is 5.60 Å². The van der Waals surface area contributed by atoms with Gasteiger partial charge in [-0.1, -0.05) is 0 Å². The molecule has 2 aliphatic rings. The molecule has 3 rings (SSSR count). The molecule has 17 heavy (non-hydrogen) atoms. The van der Waals surface area contributed by atoms with Crippen LogP contribution >= 0.6 is 0 Å². The molecular formula is C13H14O4. The first kappa shape index (κ1) is 10.6. The number of rotatable bonds is 1. The molecule has 0 saturated carbocycles. The molecule has 2 aliphatic heterocycles. The van der Waals surface area contributed by atoms with Gasteiger partial charge >= 0.3 is 0 Å². The molecule has 0 aliphatic carbocycles. The van der Waals surface area contributed by atoms with Gasteiger partial charge in [-0.2, -0.15) is 0 Å². The average molecular weight is 234 g/mol. The highest BCUT2D eigenvalue weighted by molar-refractivity contribution is 6.00. The van der Waals surface area contributed by atoms with Crippen molar-refractivity contribution in [3.8, 4) is 11.5 Å². The molecule has 1 aromatic rings. The summed E-state index contributed by atoms with van der Waals surface area (Å²) in [5.41, 5.74) is 0.181. The van der Waals surface area contributed by atoms with Crippen LogP contribution in [0.4, 0.5) is 0 Å². The van der Waals surface area contributed by atoms with Crippen LogP contribution in [0.5, 0.6) is 11.5 Å². The van der Waals surface area contributed by atoms with Gasteiger partial charge in [-0.05, 0) is 18.2 Å². The fourth-order valence-electron chi connectivity index (χ4n) is 2.41. The highest BCUT2D eigenvalue weighted by Crippen LogP contribution is 2.39. The minimum Gasteiger partial charge on any atom is -0.497 e. The summed E-state index contributed by atoms with van der Waals surface area (Å²) in [6, 6.07) is 5.34. The van der Waals surface area contributed by atoms with Gasteiger partial charge in [-0.25, -0.2) is 0 Å². The Balaban J connectivity index is 1.99. The normalized spacial score (nSPS) is 26.8. The summed E-state index contributed by atoms with van der Waals surface area (Å²) in [6.45, 7) is 1.17. The first-order valence-corrected chi connectivity index (χ1v) is 5.70. The quantitative estimate of drug-likeness (QED) is 0.743. The molecular weight excluding hydrogens is 220 g/mol. The zero-order valence-electron chi connectivity index (χ0n) is 9.69. The van der Waals surface area contributed by atoms with E-state index in [1.807, 2.05) is 0 Å². The lowest BCUT2D eigenvalue weighted by Gasteiger charge is -2.33. The maximum absolute atomic E-state index is 12.1. The zero-order chi connectivity index (χ0) is 11.9. The molecule has 0 aromatic heterocycles. The van der Waals surface area contributed by atoms with E-state index in [2.05, 4.69) is 0 Å². The van der Waals surface area contributed by atoms with Crippen LogP contribution in [0.1, 0.15) is 23.2 Å². The summed E-state index contributed by atoms with van der Waals surface area (Å²) in [4.78, 5) is 12.1. The molecule has 1 saturated heterocycles. The number of hydrogen-bond donors (Lipinski definition) is 0. The van der Waals surface area contributed by atoms with Crippen LogP contribution in [-0.4, -0.2) is 31.7 Å². The Labute approximate surface area is 99.5 Å². The second kappa shape index (κ2) is 3.74. The van der Waals surface area contributed by atoms with E-state index in [0.717, 1.165) is 6.42 Å². The lowest BCUT2D eigenvalue weighted by molar-refractivity contribution is 0.0305. The van der Waals surface area contributed by atoms with Crippen LogP contribution in [0.2, 0.25) is 0 Å². The highest BCUT2D eigenvalue weighted by Gasteiger charge is 2.43. The Hall–Kier alpha value is -1.55. The minimum absolute atomic E-state index is 0.107. The van der Waals surface area contributed by atoms with Crippen LogP contribution in [0.3, 0.4) is 0 Å². The largest absolute Gasteiger partial charge is 0.497 e.